The van der Waals surface area contributed by atoms with Crippen LogP contribution in [0.3, 0.4) is 0 Å². The quantitative estimate of drug-likeness (QED) is 0.388. The van der Waals surface area contributed by atoms with Crippen LogP contribution in [0.15, 0.2) is 55.1 Å². The molecule has 1 saturated carbocycles. The van der Waals surface area contributed by atoms with E-state index in [2.05, 4.69) is 62.9 Å². The highest BCUT2D eigenvalue weighted by atomic mass is 15.2. The Labute approximate surface area is 194 Å². The van der Waals surface area contributed by atoms with Gasteiger partial charge in [-0.15, -0.1) is 0 Å². The molecule has 0 atom stereocenters. The van der Waals surface area contributed by atoms with E-state index in [-0.39, 0.29) is 6.04 Å². The van der Waals surface area contributed by atoms with Crippen LogP contribution < -0.4 is 16.4 Å². The minimum atomic E-state index is 0.263. The molecule has 4 aromatic rings. The summed E-state index contributed by atoms with van der Waals surface area (Å²) in [6, 6.07) is 13.5. The van der Waals surface area contributed by atoms with E-state index in [1.807, 2.05) is 30.9 Å². The first-order chi connectivity index (χ1) is 16.1. The zero-order chi connectivity index (χ0) is 22.8. The third kappa shape index (κ3) is 4.71. The third-order valence-electron chi connectivity index (χ3n) is 6.38. The molecule has 0 aliphatic heterocycles. The van der Waals surface area contributed by atoms with Gasteiger partial charge in [0.2, 0.25) is 5.95 Å². The van der Waals surface area contributed by atoms with Crippen LogP contribution >= 0.6 is 0 Å². The van der Waals surface area contributed by atoms with E-state index in [9.17, 15) is 0 Å². The Morgan fingerprint density at radius 1 is 1.03 bits per heavy atom. The second-order valence-electron chi connectivity index (χ2n) is 9.18. The number of anilines is 2. The minimum Gasteiger partial charge on any atom is -0.364 e. The highest BCUT2D eigenvalue weighted by Gasteiger charge is 2.21. The average Bonchev–Trinajstić information content (AvgIpc) is 3.50. The zero-order valence-corrected chi connectivity index (χ0v) is 19.3. The zero-order valence-electron chi connectivity index (χ0n) is 19.3. The van der Waals surface area contributed by atoms with E-state index in [4.69, 9.17) is 15.7 Å². The summed E-state index contributed by atoms with van der Waals surface area (Å²) in [5.74, 6) is 1.40. The molecular formula is C25H32N8. The highest BCUT2D eigenvalue weighted by molar-refractivity contribution is 5.84. The second kappa shape index (κ2) is 9.23. The van der Waals surface area contributed by atoms with Crippen molar-refractivity contribution in [2.75, 3.05) is 10.6 Å². The highest BCUT2D eigenvalue weighted by Crippen LogP contribution is 2.26. The fraction of sp³-hybridized carbons (Fsp3) is 0.400. The van der Waals surface area contributed by atoms with Crippen LogP contribution in [-0.2, 0) is 6.54 Å². The summed E-state index contributed by atoms with van der Waals surface area (Å²) in [5.41, 5.74) is 10.0. The van der Waals surface area contributed by atoms with Crippen LogP contribution in [0.1, 0.15) is 51.1 Å². The Balaban J connectivity index is 1.37. The Bertz CT molecular complexity index is 1190. The van der Waals surface area contributed by atoms with Gasteiger partial charge >= 0.3 is 0 Å². The Kier molecular flexibility index (Phi) is 6.00. The smallest absolute Gasteiger partial charge is 0.227 e. The van der Waals surface area contributed by atoms with Crippen molar-refractivity contribution in [1.29, 1.82) is 0 Å². The predicted octanol–water partition coefficient (Wildman–Crippen LogP) is 4.49. The summed E-state index contributed by atoms with van der Waals surface area (Å²) >= 11 is 0. The van der Waals surface area contributed by atoms with Gasteiger partial charge in [0.25, 0.3) is 0 Å². The van der Waals surface area contributed by atoms with Crippen molar-refractivity contribution in [3.05, 3.63) is 60.7 Å². The fourth-order valence-electron chi connectivity index (χ4n) is 4.41. The standard InChI is InChI=1S/C25H32N8/c1-17(2)33-16-28-22-23(27-15-18-5-11-21(12-6-18)32-13-3-4-14-32)30-25(31-24(22)33)29-20-9-7-19(26)8-10-20/h3-6,11-14,16-17,19-20H,7-10,15,26H2,1-2H3,(H2,27,29,30,31). The molecule has 5 rings (SSSR count). The van der Waals surface area contributed by atoms with Gasteiger partial charge in [-0.05, 0) is 69.4 Å². The van der Waals surface area contributed by atoms with Crippen LogP contribution in [0.4, 0.5) is 11.8 Å². The van der Waals surface area contributed by atoms with E-state index < -0.39 is 0 Å². The van der Waals surface area contributed by atoms with Gasteiger partial charge in [-0.25, -0.2) is 4.98 Å². The van der Waals surface area contributed by atoms with Crippen molar-refractivity contribution in [1.82, 2.24) is 24.1 Å². The molecule has 1 aliphatic carbocycles. The maximum atomic E-state index is 6.08. The van der Waals surface area contributed by atoms with Crippen LogP contribution in [0.25, 0.3) is 16.9 Å². The van der Waals surface area contributed by atoms with Gasteiger partial charge in [-0.1, -0.05) is 12.1 Å². The number of hydrogen-bond donors (Lipinski definition) is 3. The fourth-order valence-corrected chi connectivity index (χ4v) is 4.41. The average molecular weight is 445 g/mol. The largest absolute Gasteiger partial charge is 0.364 e. The summed E-state index contributed by atoms with van der Waals surface area (Å²) in [7, 11) is 0. The first-order valence-corrected chi connectivity index (χ1v) is 11.8. The van der Waals surface area contributed by atoms with E-state index in [0.29, 0.717) is 24.6 Å². The second-order valence-corrected chi connectivity index (χ2v) is 9.18. The molecule has 0 radical (unpaired) electrons. The molecule has 3 heterocycles. The van der Waals surface area contributed by atoms with Crippen molar-refractivity contribution >= 4 is 22.9 Å². The molecule has 3 aromatic heterocycles. The molecule has 8 nitrogen and oxygen atoms in total. The summed E-state index contributed by atoms with van der Waals surface area (Å²) in [5, 5.41) is 7.05. The predicted molar refractivity (Wildman–Crippen MR) is 133 cm³/mol. The number of aromatic nitrogens is 5. The van der Waals surface area contributed by atoms with Crippen molar-refractivity contribution in [2.45, 2.75) is 64.2 Å². The minimum absolute atomic E-state index is 0.263. The number of hydrogen-bond acceptors (Lipinski definition) is 6. The molecule has 8 heteroatoms. The van der Waals surface area contributed by atoms with Crippen LogP contribution in [-0.4, -0.2) is 36.2 Å². The van der Waals surface area contributed by atoms with Crippen LogP contribution in [0.5, 0.6) is 0 Å². The molecule has 172 valence electrons. The van der Waals surface area contributed by atoms with Gasteiger partial charge < -0.3 is 25.5 Å². The van der Waals surface area contributed by atoms with Gasteiger partial charge in [0, 0.05) is 42.8 Å². The number of nitrogens with one attached hydrogen (secondary N) is 2. The molecule has 0 saturated heterocycles. The normalized spacial score (nSPS) is 18.7. The number of rotatable bonds is 7. The first-order valence-electron chi connectivity index (χ1n) is 11.8. The van der Waals surface area contributed by atoms with Crippen LogP contribution in [0, 0.1) is 0 Å². The molecule has 0 amide bonds. The van der Waals surface area contributed by atoms with Gasteiger partial charge in [0.1, 0.15) is 0 Å². The number of nitrogens with zero attached hydrogens (tertiary/aromatic N) is 5. The van der Waals surface area contributed by atoms with E-state index in [0.717, 1.165) is 48.4 Å². The summed E-state index contributed by atoms with van der Waals surface area (Å²) < 4.78 is 4.19. The number of nitrogens with two attached hydrogens (primary N) is 1. The van der Waals surface area contributed by atoms with Gasteiger partial charge in [0.05, 0.1) is 6.33 Å². The van der Waals surface area contributed by atoms with Gasteiger partial charge in [-0.3, -0.25) is 0 Å². The number of fused-ring (bicyclic) bond motifs is 1. The molecule has 4 N–H and O–H groups in total. The molecule has 33 heavy (non-hydrogen) atoms. The Morgan fingerprint density at radius 3 is 2.45 bits per heavy atom. The van der Waals surface area contributed by atoms with Crippen molar-refractivity contribution in [3.63, 3.8) is 0 Å². The first kappa shape index (κ1) is 21.5. The van der Waals surface area contributed by atoms with Gasteiger partial charge in [0.15, 0.2) is 17.0 Å². The van der Waals surface area contributed by atoms with Crippen molar-refractivity contribution in [2.24, 2.45) is 5.73 Å². The number of benzene rings is 1. The van der Waals surface area contributed by atoms with Crippen LogP contribution in [0.2, 0.25) is 0 Å². The molecular weight excluding hydrogens is 412 g/mol. The lowest BCUT2D eigenvalue weighted by molar-refractivity contribution is 0.410. The third-order valence-corrected chi connectivity index (χ3v) is 6.38. The van der Waals surface area contributed by atoms with E-state index >= 15 is 0 Å². The number of imidazole rings is 1. The van der Waals surface area contributed by atoms with E-state index in [1.54, 1.807) is 0 Å². The van der Waals surface area contributed by atoms with Gasteiger partial charge in [-0.2, -0.15) is 9.97 Å². The summed E-state index contributed by atoms with van der Waals surface area (Å²) in [6.45, 7) is 4.93. The Hall–Kier alpha value is -3.39. The maximum Gasteiger partial charge on any atom is 0.227 e. The molecule has 0 bridgehead atoms. The SMILES string of the molecule is CC(C)n1cnc2c(NCc3ccc(-n4cccc4)cc3)nc(NC3CCC(N)CC3)nc21. The molecule has 0 spiro atoms. The summed E-state index contributed by atoms with van der Waals surface area (Å²) in [4.78, 5) is 14.3. The lowest BCUT2D eigenvalue weighted by atomic mass is 9.92. The molecule has 0 unspecified atom stereocenters. The summed E-state index contributed by atoms with van der Waals surface area (Å²) in [6.07, 6.45) is 10.1. The van der Waals surface area contributed by atoms with Crippen molar-refractivity contribution < 1.29 is 0 Å². The maximum absolute atomic E-state index is 6.08. The lowest BCUT2D eigenvalue weighted by Gasteiger charge is -2.27. The molecule has 1 aromatic carbocycles. The Morgan fingerprint density at radius 2 is 1.76 bits per heavy atom. The molecule has 1 aliphatic rings. The van der Waals surface area contributed by atoms with Crippen molar-refractivity contribution in [3.8, 4) is 5.69 Å². The van der Waals surface area contributed by atoms with E-state index in [1.165, 1.54) is 5.56 Å². The topological polar surface area (TPSA) is 98.6 Å². The monoisotopic (exact) mass is 444 g/mol. The molecule has 1 fully saturated rings. The lowest BCUT2D eigenvalue weighted by Crippen LogP contribution is -2.33.